The van der Waals surface area contributed by atoms with E-state index in [4.69, 9.17) is 4.74 Å². The summed E-state index contributed by atoms with van der Waals surface area (Å²) in [6, 6.07) is 13.6. The lowest BCUT2D eigenvalue weighted by atomic mass is 10.1. The number of nitrogens with zero attached hydrogens (tertiary/aromatic N) is 3. The minimum atomic E-state index is -0.373. The molecule has 3 aromatic rings. The van der Waals surface area contributed by atoms with Gasteiger partial charge in [0.25, 0.3) is 0 Å². The fourth-order valence-electron chi connectivity index (χ4n) is 3.71. The van der Waals surface area contributed by atoms with Crippen molar-refractivity contribution >= 4 is 17.1 Å². The van der Waals surface area contributed by atoms with E-state index in [2.05, 4.69) is 10.3 Å². The number of halogens is 1. The molecule has 0 bridgehead atoms. The molecule has 0 spiro atoms. The van der Waals surface area contributed by atoms with E-state index >= 15 is 0 Å². The van der Waals surface area contributed by atoms with Gasteiger partial charge in [-0.3, -0.25) is 0 Å². The van der Waals surface area contributed by atoms with Gasteiger partial charge in [-0.2, -0.15) is 0 Å². The molecule has 1 unspecified atom stereocenters. The third kappa shape index (κ3) is 4.40. The monoisotopic (exact) mass is 396 g/mol. The molecule has 1 aromatic heterocycles. The second-order valence-corrected chi connectivity index (χ2v) is 7.97. The van der Waals surface area contributed by atoms with Crippen LogP contribution >= 0.6 is 0 Å². The van der Waals surface area contributed by atoms with Gasteiger partial charge in [0.05, 0.1) is 42.2 Å². The minimum absolute atomic E-state index is 0.153. The summed E-state index contributed by atoms with van der Waals surface area (Å²) >= 11 is 0. The van der Waals surface area contributed by atoms with Crippen molar-refractivity contribution in [3.8, 4) is 0 Å². The summed E-state index contributed by atoms with van der Waals surface area (Å²) in [5.41, 5.74) is 2.35. The van der Waals surface area contributed by atoms with Crippen molar-refractivity contribution in [3.05, 3.63) is 66.2 Å². The fourth-order valence-corrected chi connectivity index (χ4v) is 3.71. The molecular formula is C22H25FN4O2. The first-order chi connectivity index (χ1) is 13.9. The normalized spacial score (nSPS) is 17.3. The van der Waals surface area contributed by atoms with E-state index in [1.807, 2.05) is 42.7 Å². The molecule has 2 amide bonds. The number of rotatable bonds is 4. The molecule has 4 rings (SSSR count). The Kier molecular flexibility index (Phi) is 5.24. The van der Waals surface area contributed by atoms with Gasteiger partial charge in [-0.05, 0) is 43.7 Å². The van der Waals surface area contributed by atoms with Crippen molar-refractivity contribution in [2.75, 3.05) is 19.7 Å². The number of hydrogen-bond donors (Lipinski definition) is 1. The number of hydrogen-bond acceptors (Lipinski definition) is 3. The molecule has 152 valence electrons. The van der Waals surface area contributed by atoms with Gasteiger partial charge in [0, 0.05) is 13.1 Å². The van der Waals surface area contributed by atoms with E-state index < -0.39 is 0 Å². The molecule has 2 heterocycles. The molecule has 0 saturated carbocycles. The Labute approximate surface area is 169 Å². The highest BCUT2D eigenvalue weighted by atomic mass is 19.1. The van der Waals surface area contributed by atoms with Crippen LogP contribution in [0, 0.1) is 5.82 Å². The van der Waals surface area contributed by atoms with Crippen molar-refractivity contribution in [2.24, 2.45) is 0 Å². The molecule has 1 aliphatic rings. The van der Waals surface area contributed by atoms with Crippen molar-refractivity contribution in [1.29, 1.82) is 0 Å². The Morgan fingerprint density at radius 3 is 2.76 bits per heavy atom. The molecule has 1 aliphatic heterocycles. The molecule has 7 heteroatoms. The Morgan fingerprint density at radius 1 is 1.24 bits per heavy atom. The molecule has 2 aromatic carbocycles. The lowest BCUT2D eigenvalue weighted by molar-refractivity contribution is -0.0735. The number of para-hydroxylation sites is 2. The number of urea groups is 1. The van der Waals surface area contributed by atoms with Crippen LogP contribution in [0.2, 0.25) is 0 Å². The van der Waals surface area contributed by atoms with Gasteiger partial charge in [0.2, 0.25) is 0 Å². The van der Waals surface area contributed by atoms with Crippen LogP contribution in [0.15, 0.2) is 54.9 Å². The maximum atomic E-state index is 13.4. The van der Waals surface area contributed by atoms with E-state index in [0.29, 0.717) is 26.2 Å². The lowest BCUT2D eigenvalue weighted by Gasteiger charge is -2.38. The maximum absolute atomic E-state index is 13.4. The third-order valence-corrected chi connectivity index (χ3v) is 5.19. The molecule has 0 aliphatic carbocycles. The zero-order valence-corrected chi connectivity index (χ0v) is 16.6. The second-order valence-electron chi connectivity index (χ2n) is 7.97. The first-order valence-corrected chi connectivity index (χ1v) is 9.76. The summed E-state index contributed by atoms with van der Waals surface area (Å²) in [5, 5.41) is 3.12. The van der Waals surface area contributed by atoms with E-state index in [9.17, 15) is 9.18 Å². The highest BCUT2D eigenvalue weighted by Crippen LogP contribution is 2.22. The van der Waals surface area contributed by atoms with Gasteiger partial charge in [0.15, 0.2) is 0 Å². The predicted molar refractivity (Wildman–Crippen MR) is 109 cm³/mol. The highest BCUT2D eigenvalue weighted by Gasteiger charge is 2.31. The number of imidazole rings is 1. The van der Waals surface area contributed by atoms with Crippen molar-refractivity contribution in [2.45, 2.75) is 32.0 Å². The van der Waals surface area contributed by atoms with Crippen LogP contribution in [0.4, 0.5) is 9.18 Å². The quantitative estimate of drug-likeness (QED) is 0.731. The summed E-state index contributed by atoms with van der Waals surface area (Å²) in [6.07, 6.45) is 1.77. The second kappa shape index (κ2) is 7.83. The summed E-state index contributed by atoms with van der Waals surface area (Å²) in [6.45, 7) is 6.00. The topological polar surface area (TPSA) is 59.4 Å². The summed E-state index contributed by atoms with van der Waals surface area (Å²) in [7, 11) is 0. The van der Waals surface area contributed by atoms with E-state index in [1.165, 1.54) is 12.1 Å². The van der Waals surface area contributed by atoms with E-state index in [-0.39, 0.29) is 23.5 Å². The Hall–Kier alpha value is -2.93. The number of fused-ring (bicyclic) bond motifs is 1. The number of ether oxygens (including phenoxy) is 1. The number of morpholine rings is 1. The van der Waals surface area contributed by atoms with Gasteiger partial charge < -0.3 is 19.5 Å². The lowest BCUT2D eigenvalue weighted by Crippen LogP contribution is -2.54. The van der Waals surface area contributed by atoms with E-state index in [0.717, 1.165) is 16.6 Å². The van der Waals surface area contributed by atoms with Crippen LogP contribution in [-0.4, -0.2) is 45.8 Å². The number of benzene rings is 2. The molecular weight excluding hydrogens is 371 g/mol. The van der Waals surface area contributed by atoms with Crippen LogP contribution in [0.25, 0.3) is 11.0 Å². The van der Waals surface area contributed by atoms with Crippen molar-refractivity contribution < 1.29 is 13.9 Å². The smallest absolute Gasteiger partial charge is 0.318 e. The van der Waals surface area contributed by atoms with Crippen LogP contribution in [-0.2, 0) is 11.3 Å². The average molecular weight is 396 g/mol. The molecule has 1 atom stereocenters. The molecule has 1 saturated heterocycles. The number of aromatic nitrogens is 2. The van der Waals surface area contributed by atoms with Crippen LogP contribution in [0.3, 0.4) is 0 Å². The molecule has 6 nitrogen and oxygen atoms in total. The number of carbonyl (C=O) groups excluding carboxylic acids is 1. The summed E-state index contributed by atoms with van der Waals surface area (Å²) in [4.78, 5) is 19.2. The maximum Gasteiger partial charge on any atom is 0.318 e. The van der Waals surface area contributed by atoms with E-state index in [1.54, 1.807) is 23.4 Å². The average Bonchev–Trinajstić information content (AvgIpc) is 3.10. The predicted octanol–water partition coefficient (Wildman–Crippen LogP) is 3.74. The highest BCUT2D eigenvalue weighted by molar-refractivity contribution is 5.76. The first-order valence-electron chi connectivity index (χ1n) is 9.76. The minimum Gasteiger partial charge on any atom is -0.372 e. The van der Waals surface area contributed by atoms with Gasteiger partial charge in [-0.15, -0.1) is 0 Å². The summed E-state index contributed by atoms with van der Waals surface area (Å²) in [5.74, 6) is -0.304. The van der Waals surface area contributed by atoms with Gasteiger partial charge >= 0.3 is 6.03 Å². The first kappa shape index (κ1) is 19.4. The van der Waals surface area contributed by atoms with Crippen LogP contribution in [0.5, 0.6) is 0 Å². The third-order valence-electron chi connectivity index (χ3n) is 5.19. The van der Waals surface area contributed by atoms with Crippen molar-refractivity contribution in [3.63, 3.8) is 0 Å². The Morgan fingerprint density at radius 2 is 2.00 bits per heavy atom. The molecule has 29 heavy (non-hydrogen) atoms. The fraction of sp³-hybridized carbons (Fsp3) is 0.364. The van der Waals surface area contributed by atoms with Gasteiger partial charge in [-0.1, -0.05) is 24.3 Å². The molecule has 0 radical (unpaired) electrons. The zero-order chi connectivity index (χ0) is 20.4. The largest absolute Gasteiger partial charge is 0.372 e. The Bertz CT molecular complexity index is 999. The number of carbonyl (C=O) groups is 1. The molecule has 1 fully saturated rings. The molecule has 1 N–H and O–H groups in total. The zero-order valence-electron chi connectivity index (χ0n) is 16.6. The van der Waals surface area contributed by atoms with Crippen molar-refractivity contribution in [1.82, 2.24) is 19.8 Å². The Balaban J connectivity index is 1.58. The van der Waals surface area contributed by atoms with Crippen LogP contribution < -0.4 is 5.32 Å². The van der Waals surface area contributed by atoms with Crippen LogP contribution in [0.1, 0.15) is 25.5 Å². The standard InChI is InChI=1S/C22H25FN4O2/c1-22(2)14-26(11-12-29-22)21(28)25-19(16-7-9-17(23)10-8-16)13-27-15-24-18-5-3-4-6-20(18)27/h3-10,15,19H,11-14H2,1-2H3,(H,25,28). The summed E-state index contributed by atoms with van der Waals surface area (Å²) < 4.78 is 21.2. The van der Waals surface area contributed by atoms with Gasteiger partial charge in [0.1, 0.15) is 5.82 Å². The SMILES string of the molecule is CC1(C)CN(C(=O)NC(Cn2cnc3ccccc32)c2ccc(F)cc2)CCO1. The number of amides is 2. The number of nitrogens with one attached hydrogen (secondary N) is 1. The van der Waals surface area contributed by atoms with Gasteiger partial charge in [-0.25, -0.2) is 14.2 Å².